The van der Waals surface area contributed by atoms with Crippen molar-refractivity contribution in [3.05, 3.63) is 34.1 Å². The second-order valence-electron chi connectivity index (χ2n) is 4.53. The van der Waals surface area contributed by atoms with Crippen LogP contribution >= 0.6 is 15.9 Å². The Balaban J connectivity index is 2.21. The third kappa shape index (κ3) is 2.46. The number of carbonyl (C=O) groups is 1. The first-order valence-corrected chi connectivity index (χ1v) is 5.78. The molecule has 0 bridgehead atoms. The van der Waals surface area contributed by atoms with E-state index < -0.39 is 5.82 Å². The summed E-state index contributed by atoms with van der Waals surface area (Å²) < 4.78 is 14.1. The lowest BCUT2D eigenvalue weighted by Gasteiger charge is -2.07. The molecule has 1 nitrogen and oxygen atoms in total. The number of benzene rings is 1. The van der Waals surface area contributed by atoms with Crippen molar-refractivity contribution in [3.63, 3.8) is 0 Å². The Labute approximate surface area is 96.8 Å². The van der Waals surface area contributed by atoms with Gasteiger partial charge in [-0.2, -0.15) is 0 Å². The zero-order chi connectivity index (χ0) is 11.1. The second kappa shape index (κ2) is 3.71. The monoisotopic (exact) mass is 270 g/mol. The van der Waals surface area contributed by atoms with Crippen LogP contribution in [-0.4, -0.2) is 5.78 Å². The summed E-state index contributed by atoms with van der Waals surface area (Å²) in [5.41, 5.74) is 0.337. The molecule has 0 atom stereocenters. The van der Waals surface area contributed by atoms with Gasteiger partial charge in [-0.25, -0.2) is 4.39 Å². The molecule has 1 aliphatic rings. The van der Waals surface area contributed by atoms with Crippen LogP contribution in [0.5, 0.6) is 0 Å². The molecule has 0 N–H and O–H groups in total. The van der Waals surface area contributed by atoms with Gasteiger partial charge in [-0.15, -0.1) is 0 Å². The molecule has 1 aliphatic carbocycles. The molecule has 1 aromatic rings. The number of hydrogen-bond donors (Lipinski definition) is 0. The summed E-state index contributed by atoms with van der Waals surface area (Å²) in [6.45, 7) is 2.07. The van der Waals surface area contributed by atoms with Crippen LogP contribution in [0.3, 0.4) is 0 Å². The molecule has 1 fully saturated rings. The predicted octanol–water partition coefficient (Wildman–Crippen LogP) is 3.96. The Kier molecular flexibility index (Phi) is 2.67. The number of halogens is 2. The van der Waals surface area contributed by atoms with Gasteiger partial charge in [0, 0.05) is 10.9 Å². The van der Waals surface area contributed by atoms with Gasteiger partial charge >= 0.3 is 0 Å². The molecular formula is C12H12BrFO. The van der Waals surface area contributed by atoms with Crippen LogP contribution < -0.4 is 0 Å². The molecule has 0 unspecified atom stereocenters. The van der Waals surface area contributed by atoms with Gasteiger partial charge in [-0.1, -0.05) is 22.9 Å². The third-order valence-electron chi connectivity index (χ3n) is 2.92. The standard InChI is InChI=1S/C12H12BrFO/c1-12(4-5-12)7-11(15)9-6-8(13)2-3-10(9)14/h2-3,6H,4-5,7H2,1H3. The molecule has 0 amide bonds. The van der Waals surface area contributed by atoms with Crippen LogP contribution in [0.15, 0.2) is 22.7 Å². The first kappa shape index (κ1) is 10.8. The molecule has 1 saturated carbocycles. The summed E-state index contributed by atoms with van der Waals surface area (Å²) in [5.74, 6) is -0.513. The van der Waals surface area contributed by atoms with E-state index in [9.17, 15) is 9.18 Å². The number of hydrogen-bond acceptors (Lipinski definition) is 1. The van der Waals surface area contributed by atoms with Crippen LogP contribution in [-0.2, 0) is 0 Å². The predicted molar refractivity (Wildman–Crippen MR) is 60.4 cm³/mol. The zero-order valence-electron chi connectivity index (χ0n) is 8.52. The number of Topliss-reactive ketones (excluding diaryl/α,β-unsaturated/α-hetero) is 1. The van der Waals surface area contributed by atoms with E-state index in [1.54, 1.807) is 12.1 Å². The van der Waals surface area contributed by atoms with Gasteiger partial charge in [-0.05, 0) is 36.5 Å². The Morgan fingerprint density at radius 1 is 1.53 bits per heavy atom. The smallest absolute Gasteiger partial charge is 0.166 e. The van der Waals surface area contributed by atoms with Crippen LogP contribution in [0.4, 0.5) is 4.39 Å². The molecule has 0 saturated heterocycles. The van der Waals surface area contributed by atoms with Crippen molar-refractivity contribution in [1.82, 2.24) is 0 Å². The highest BCUT2D eigenvalue weighted by Crippen LogP contribution is 2.48. The van der Waals surface area contributed by atoms with E-state index >= 15 is 0 Å². The molecule has 15 heavy (non-hydrogen) atoms. The van der Waals surface area contributed by atoms with Gasteiger partial charge in [-0.3, -0.25) is 4.79 Å². The molecular weight excluding hydrogens is 259 g/mol. The minimum Gasteiger partial charge on any atom is -0.294 e. The maximum Gasteiger partial charge on any atom is 0.166 e. The summed E-state index contributed by atoms with van der Waals surface area (Å²) >= 11 is 3.24. The lowest BCUT2D eigenvalue weighted by Crippen LogP contribution is -2.08. The van der Waals surface area contributed by atoms with Gasteiger partial charge in [0.1, 0.15) is 5.82 Å². The SMILES string of the molecule is CC1(CC(=O)c2cc(Br)ccc2F)CC1. The van der Waals surface area contributed by atoms with E-state index in [-0.39, 0.29) is 16.8 Å². The van der Waals surface area contributed by atoms with E-state index in [2.05, 4.69) is 22.9 Å². The molecule has 0 aromatic heterocycles. The molecule has 0 spiro atoms. The minimum absolute atomic E-state index is 0.0891. The fraction of sp³-hybridized carbons (Fsp3) is 0.417. The Hall–Kier alpha value is -0.700. The van der Waals surface area contributed by atoms with Crippen molar-refractivity contribution >= 4 is 21.7 Å². The van der Waals surface area contributed by atoms with E-state index in [0.29, 0.717) is 6.42 Å². The average molecular weight is 271 g/mol. The van der Waals surface area contributed by atoms with Crippen LogP contribution in [0.25, 0.3) is 0 Å². The van der Waals surface area contributed by atoms with Gasteiger partial charge in [0.05, 0.1) is 5.56 Å². The first-order chi connectivity index (χ1) is 7.00. The van der Waals surface area contributed by atoms with Crippen molar-refractivity contribution in [2.75, 3.05) is 0 Å². The maximum absolute atomic E-state index is 13.4. The Morgan fingerprint density at radius 3 is 2.80 bits per heavy atom. The first-order valence-electron chi connectivity index (χ1n) is 4.98. The quantitative estimate of drug-likeness (QED) is 0.760. The largest absolute Gasteiger partial charge is 0.294 e. The average Bonchev–Trinajstić information content (AvgIpc) is 2.87. The zero-order valence-corrected chi connectivity index (χ0v) is 10.1. The van der Waals surface area contributed by atoms with E-state index in [1.807, 2.05) is 0 Å². The van der Waals surface area contributed by atoms with Crippen molar-refractivity contribution in [2.45, 2.75) is 26.2 Å². The number of carbonyl (C=O) groups excluding carboxylic acids is 1. The molecule has 80 valence electrons. The lowest BCUT2D eigenvalue weighted by molar-refractivity contribution is 0.0955. The fourth-order valence-electron chi connectivity index (χ4n) is 1.58. The number of ketones is 1. The van der Waals surface area contributed by atoms with Crippen molar-refractivity contribution in [1.29, 1.82) is 0 Å². The second-order valence-corrected chi connectivity index (χ2v) is 5.45. The summed E-state index contributed by atoms with van der Waals surface area (Å²) in [4.78, 5) is 11.8. The van der Waals surface area contributed by atoms with Crippen LogP contribution in [0.1, 0.15) is 36.5 Å². The summed E-state index contributed by atoms with van der Waals surface area (Å²) in [5, 5.41) is 0. The normalized spacial score (nSPS) is 17.5. The lowest BCUT2D eigenvalue weighted by atomic mass is 9.97. The Bertz CT molecular complexity index is 410. The molecule has 0 heterocycles. The topological polar surface area (TPSA) is 17.1 Å². The van der Waals surface area contributed by atoms with Gasteiger partial charge < -0.3 is 0 Å². The fourth-order valence-corrected chi connectivity index (χ4v) is 1.95. The molecule has 2 rings (SSSR count). The summed E-state index contributed by atoms with van der Waals surface area (Å²) in [6, 6.07) is 4.49. The minimum atomic E-state index is -0.424. The molecule has 3 heteroatoms. The van der Waals surface area contributed by atoms with Gasteiger partial charge in [0.15, 0.2) is 5.78 Å². The maximum atomic E-state index is 13.4. The number of rotatable bonds is 3. The van der Waals surface area contributed by atoms with Crippen molar-refractivity contribution < 1.29 is 9.18 Å². The highest BCUT2D eigenvalue weighted by Gasteiger charge is 2.39. The van der Waals surface area contributed by atoms with E-state index in [0.717, 1.165) is 17.3 Å². The van der Waals surface area contributed by atoms with E-state index in [4.69, 9.17) is 0 Å². The highest BCUT2D eigenvalue weighted by molar-refractivity contribution is 9.10. The van der Waals surface area contributed by atoms with Crippen molar-refractivity contribution in [2.24, 2.45) is 5.41 Å². The van der Waals surface area contributed by atoms with Crippen LogP contribution in [0, 0.1) is 11.2 Å². The third-order valence-corrected chi connectivity index (χ3v) is 3.41. The van der Waals surface area contributed by atoms with Crippen LogP contribution in [0.2, 0.25) is 0 Å². The Morgan fingerprint density at radius 2 is 2.20 bits per heavy atom. The molecule has 1 aromatic carbocycles. The highest BCUT2D eigenvalue weighted by atomic mass is 79.9. The van der Waals surface area contributed by atoms with Gasteiger partial charge in [0.25, 0.3) is 0 Å². The van der Waals surface area contributed by atoms with E-state index in [1.165, 1.54) is 6.07 Å². The molecule has 0 radical (unpaired) electrons. The molecule has 0 aliphatic heterocycles. The van der Waals surface area contributed by atoms with Crippen molar-refractivity contribution in [3.8, 4) is 0 Å². The summed E-state index contributed by atoms with van der Waals surface area (Å²) in [6.07, 6.45) is 2.61. The summed E-state index contributed by atoms with van der Waals surface area (Å²) in [7, 11) is 0. The van der Waals surface area contributed by atoms with Gasteiger partial charge in [0.2, 0.25) is 0 Å².